The summed E-state index contributed by atoms with van der Waals surface area (Å²) in [7, 11) is 0. The van der Waals surface area contributed by atoms with Gasteiger partial charge < -0.3 is 19.3 Å². The first-order valence-electron chi connectivity index (χ1n) is 8.71. The molecule has 1 heterocycles. The van der Waals surface area contributed by atoms with E-state index in [0.717, 1.165) is 32.9 Å². The number of imide groups is 1. The van der Waals surface area contributed by atoms with Gasteiger partial charge in [0.15, 0.2) is 0 Å². The molecular formula is C18H23N3O9. The second-order valence-electron chi connectivity index (χ2n) is 5.56. The number of carbonyl (C=O) groups excluding carboxylic acids is 5. The van der Waals surface area contributed by atoms with Crippen LogP contribution in [0.3, 0.4) is 0 Å². The number of aliphatic hydroxyl groups is 1. The Morgan fingerprint density at radius 1 is 0.767 bits per heavy atom. The standard InChI is InChI=1S/C18H23N3O9/c1-4-13(22)28-10-7-19-16(25)20(8-11-29-14(23)5-2)18(27)21(17(19)26)9-12-30-15(24)6-3/h4-6,16,25H,1-3,7-12H2. The summed E-state index contributed by atoms with van der Waals surface area (Å²) in [6.07, 6.45) is 1.07. The number of hydrogen-bond donors (Lipinski definition) is 1. The molecule has 1 saturated heterocycles. The van der Waals surface area contributed by atoms with Crippen molar-refractivity contribution in [2.45, 2.75) is 6.35 Å². The number of nitrogens with zero attached hydrogens (tertiary/aromatic N) is 3. The van der Waals surface area contributed by atoms with Crippen molar-refractivity contribution in [1.82, 2.24) is 14.7 Å². The number of carbonyl (C=O) groups is 5. The highest BCUT2D eigenvalue weighted by molar-refractivity contribution is 5.96. The summed E-state index contributed by atoms with van der Waals surface area (Å²) in [5.74, 6) is -2.20. The number of ether oxygens (including phenoxy) is 3. The third-order valence-electron chi connectivity index (χ3n) is 3.72. The molecule has 30 heavy (non-hydrogen) atoms. The van der Waals surface area contributed by atoms with Crippen molar-refractivity contribution in [2.75, 3.05) is 39.5 Å². The molecular weight excluding hydrogens is 402 g/mol. The summed E-state index contributed by atoms with van der Waals surface area (Å²) in [5, 5.41) is 10.4. The lowest BCUT2D eigenvalue weighted by molar-refractivity contribution is -0.143. The molecule has 0 aromatic carbocycles. The number of rotatable bonds is 12. The molecule has 0 aliphatic carbocycles. The molecule has 0 radical (unpaired) electrons. The first-order valence-corrected chi connectivity index (χ1v) is 8.71. The van der Waals surface area contributed by atoms with E-state index in [4.69, 9.17) is 14.2 Å². The molecule has 1 rings (SSSR count). The molecule has 4 amide bonds. The van der Waals surface area contributed by atoms with Gasteiger partial charge >= 0.3 is 30.0 Å². The van der Waals surface area contributed by atoms with Crippen molar-refractivity contribution in [3.05, 3.63) is 38.0 Å². The summed E-state index contributed by atoms with van der Waals surface area (Å²) in [5.41, 5.74) is 0. The zero-order valence-corrected chi connectivity index (χ0v) is 16.2. The van der Waals surface area contributed by atoms with Crippen molar-refractivity contribution in [1.29, 1.82) is 0 Å². The number of aliphatic hydroxyl groups excluding tert-OH is 1. The van der Waals surface area contributed by atoms with Crippen LogP contribution in [-0.2, 0) is 28.6 Å². The molecule has 12 heteroatoms. The minimum Gasteiger partial charge on any atom is -0.461 e. The van der Waals surface area contributed by atoms with E-state index >= 15 is 0 Å². The third-order valence-corrected chi connectivity index (χ3v) is 3.72. The largest absolute Gasteiger partial charge is 0.461 e. The van der Waals surface area contributed by atoms with E-state index in [1.165, 1.54) is 0 Å². The van der Waals surface area contributed by atoms with Crippen LogP contribution in [0.1, 0.15) is 0 Å². The predicted octanol–water partition coefficient (Wildman–Crippen LogP) is -0.390. The monoisotopic (exact) mass is 425 g/mol. The fraction of sp³-hybridized carbons (Fsp3) is 0.389. The average Bonchev–Trinajstić information content (AvgIpc) is 2.74. The summed E-state index contributed by atoms with van der Waals surface area (Å²) in [6, 6.07) is -1.78. The van der Waals surface area contributed by atoms with Crippen LogP contribution >= 0.6 is 0 Å². The Kier molecular flexibility index (Phi) is 9.76. The van der Waals surface area contributed by atoms with E-state index in [1.807, 2.05) is 0 Å². The minimum absolute atomic E-state index is 0.251. The average molecular weight is 425 g/mol. The lowest BCUT2D eigenvalue weighted by Crippen LogP contribution is -2.67. The lowest BCUT2D eigenvalue weighted by atomic mass is 10.4. The summed E-state index contributed by atoms with van der Waals surface area (Å²) < 4.78 is 14.4. The van der Waals surface area contributed by atoms with Gasteiger partial charge in [-0.3, -0.25) is 9.80 Å². The molecule has 0 unspecified atom stereocenters. The van der Waals surface area contributed by atoms with Crippen molar-refractivity contribution in [3.63, 3.8) is 0 Å². The van der Waals surface area contributed by atoms with Crippen LogP contribution in [0.2, 0.25) is 0 Å². The third kappa shape index (κ3) is 6.74. The van der Waals surface area contributed by atoms with Gasteiger partial charge in [-0.15, -0.1) is 0 Å². The molecule has 1 aliphatic heterocycles. The van der Waals surface area contributed by atoms with Gasteiger partial charge in [-0.25, -0.2) is 28.9 Å². The highest BCUT2D eigenvalue weighted by atomic mass is 16.5. The molecule has 0 bridgehead atoms. The lowest BCUT2D eigenvalue weighted by Gasteiger charge is -2.44. The minimum atomic E-state index is -1.71. The van der Waals surface area contributed by atoms with Crippen LogP contribution < -0.4 is 0 Å². The van der Waals surface area contributed by atoms with Crippen molar-refractivity contribution >= 4 is 30.0 Å². The topological polar surface area (TPSA) is 143 Å². The zero-order chi connectivity index (χ0) is 22.7. The molecule has 164 valence electrons. The Morgan fingerprint density at radius 2 is 1.10 bits per heavy atom. The van der Waals surface area contributed by atoms with E-state index in [2.05, 4.69) is 19.7 Å². The summed E-state index contributed by atoms with van der Waals surface area (Å²) >= 11 is 0. The molecule has 1 fully saturated rings. The highest BCUT2D eigenvalue weighted by Gasteiger charge is 2.43. The maximum absolute atomic E-state index is 12.6. The van der Waals surface area contributed by atoms with Gasteiger partial charge in [-0.2, -0.15) is 0 Å². The Hall–Kier alpha value is -3.67. The van der Waals surface area contributed by atoms with Gasteiger partial charge in [-0.1, -0.05) is 19.7 Å². The zero-order valence-electron chi connectivity index (χ0n) is 16.2. The van der Waals surface area contributed by atoms with Crippen LogP contribution in [0.5, 0.6) is 0 Å². The van der Waals surface area contributed by atoms with Gasteiger partial charge in [0.2, 0.25) is 6.35 Å². The molecule has 0 saturated carbocycles. The van der Waals surface area contributed by atoms with Crippen LogP contribution in [0.25, 0.3) is 0 Å². The van der Waals surface area contributed by atoms with E-state index in [1.54, 1.807) is 0 Å². The van der Waals surface area contributed by atoms with Crippen LogP contribution in [0, 0.1) is 0 Å². The van der Waals surface area contributed by atoms with Gasteiger partial charge in [0.1, 0.15) is 19.8 Å². The fourth-order valence-electron chi connectivity index (χ4n) is 2.27. The number of hydrogen-bond acceptors (Lipinski definition) is 9. The Labute approximate surface area is 172 Å². The van der Waals surface area contributed by atoms with E-state index in [-0.39, 0.29) is 39.5 Å². The second kappa shape index (κ2) is 12.0. The molecule has 0 spiro atoms. The normalized spacial score (nSPS) is 14.2. The SMILES string of the molecule is C=CC(=O)OCCN1C(=O)N(CCOC(=O)C=C)C(O)N(CCOC(=O)C=C)C1=O. The highest BCUT2D eigenvalue weighted by Crippen LogP contribution is 2.18. The summed E-state index contributed by atoms with van der Waals surface area (Å²) in [6.45, 7) is 8.03. The first-order chi connectivity index (χ1) is 14.3. The van der Waals surface area contributed by atoms with E-state index in [0.29, 0.717) is 0 Å². The van der Waals surface area contributed by atoms with Crippen LogP contribution in [0.4, 0.5) is 9.59 Å². The molecule has 0 aromatic rings. The van der Waals surface area contributed by atoms with E-state index in [9.17, 15) is 29.1 Å². The molecule has 1 aliphatic rings. The Balaban J connectivity index is 2.90. The Bertz CT molecular complexity index is 676. The summed E-state index contributed by atoms with van der Waals surface area (Å²) in [4.78, 5) is 61.2. The van der Waals surface area contributed by atoms with Crippen LogP contribution in [0.15, 0.2) is 38.0 Å². The quantitative estimate of drug-likeness (QED) is 0.251. The van der Waals surface area contributed by atoms with Crippen molar-refractivity contribution < 1.29 is 43.3 Å². The van der Waals surface area contributed by atoms with E-state index < -0.39 is 36.3 Å². The molecule has 12 nitrogen and oxygen atoms in total. The van der Waals surface area contributed by atoms with Crippen molar-refractivity contribution in [2.24, 2.45) is 0 Å². The van der Waals surface area contributed by atoms with Gasteiger partial charge in [0.05, 0.1) is 19.6 Å². The van der Waals surface area contributed by atoms with Gasteiger partial charge in [-0.05, 0) is 0 Å². The van der Waals surface area contributed by atoms with Gasteiger partial charge in [0, 0.05) is 18.2 Å². The number of amides is 4. The smallest absolute Gasteiger partial charge is 0.331 e. The maximum Gasteiger partial charge on any atom is 0.331 e. The molecule has 0 aromatic heterocycles. The Morgan fingerprint density at radius 3 is 1.43 bits per heavy atom. The number of esters is 3. The molecule has 0 atom stereocenters. The fourth-order valence-corrected chi connectivity index (χ4v) is 2.27. The first kappa shape index (κ1) is 24.4. The second-order valence-corrected chi connectivity index (χ2v) is 5.56. The number of urea groups is 2. The van der Waals surface area contributed by atoms with Gasteiger partial charge in [0.25, 0.3) is 0 Å². The molecule has 1 N–H and O–H groups in total. The maximum atomic E-state index is 12.6. The van der Waals surface area contributed by atoms with Crippen LogP contribution in [-0.4, -0.2) is 95.6 Å². The van der Waals surface area contributed by atoms with Crippen molar-refractivity contribution in [3.8, 4) is 0 Å². The predicted molar refractivity (Wildman–Crippen MR) is 100 cm³/mol.